The molecular formula is C18H16F3N3O2S. The zero-order chi connectivity index (χ0) is 20.0. The molecule has 5 nitrogen and oxygen atoms in total. The number of alkyl halides is 3. The molecule has 2 aromatic heterocycles. The van der Waals surface area contributed by atoms with Crippen molar-refractivity contribution in [2.24, 2.45) is 7.05 Å². The van der Waals surface area contributed by atoms with Crippen LogP contribution in [-0.4, -0.2) is 28.7 Å². The molecule has 0 unspecified atom stereocenters. The SMILES string of the molecule is C=Cc1ccc(-c2nc3cc(C(F)(F)F)ncc3n2C)c(S(=O)(=O)CC)c1. The Hall–Kier alpha value is -2.68. The number of hydrogen-bond donors (Lipinski definition) is 0. The predicted octanol–water partition coefficient (Wildman–Crippen LogP) is 4.09. The van der Waals surface area contributed by atoms with Gasteiger partial charge >= 0.3 is 6.18 Å². The molecule has 0 spiro atoms. The van der Waals surface area contributed by atoms with Crippen LogP contribution in [0.4, 0.5) is 13.2 Å². The van der Waals surface area contributed by atoms with Crippen molar-refractivity contribution >= 4 is 26.9 Å². The highest BCUT2D eigenvalue weighted by Gasteiger charge is 2.33. The molecule has 3 rings (SSSR count). The molecule has 3 aromatic rings. The standard InChI is InChI=1S/C18H16F3N3O2S/c1-4-11-6-7-12(15(8-11)27(25,26)5-2)17-23-13-9-16(18(19,20)21)22-10-14(13)24(17)3/h4,6-10H,1,5H2,2-3H3. The number of fused-ring (bicyclic) bond motifs is 1. The summed E-state index contributed by atoms with van der Waals surface area (Å²) in [6.45, 7) is 5.16. The molecule has 0 saturated carbocycles. The van der Waals surface area contributed by atoms with Gasteiger partial charge in [0.25, 0.3) is 0 Å². The molecule has 0 atom stereocenters. The molecule has 0 bridgehead atoms. The van der Waals surface area contributed by atoms with Crippen LogP contribution in [0, 0.1) is 0 Å². The molecule has 142 valence electrons. The van der Waals surface area contributed by atoms with E-state index < -0.39 is 21.7 Å². The Morgan fingerprint density at radius 3 is 2.56 bits per heavy atom. The van der Waals surface area contributed by atoms with Gasteiger partial charge in [0.05, 0.1) is 27.9 Å². The van der Waals surface area contributed by atoms with E-state index in [1.165, 1.54) is 23.6 Å². The van der Waals surface area contributed by atoms with Crippen molar-refractivity contribution in [3.05, 3.63) is 48.3 Å². The first-order valence-electron chi connectivity index (χ1n) is 7.97. The second kappa shape index (κ2) is 6.49. The summed E-state index contributed by atoms with van der Waals surface area (Å²) in [5.41, 5.74) is 0.330. The van der Waals surface area contributed by atoms with Crippen LogP contribution in [0.2, 0.25) is 0 Å². The maximum Gasteiger partial charge on any atom is 0.433 e. The summed E-state index contributed by atoms with van der Waals surface area (Å²) in [6.07, 6.45) is -1.98. The molecule has 27 heavy (non-hydrogen) atoms. The number of halogens is 3. The summed E-state index contributed by atoms with van der Waals surface area (Å²) in [6, 6.07) is 5.60. The van der Waals surface area contributed by atoms with Crippen molar-refractivity contribution in [2.75, 3.05) is 5.75 Å². The first kappa shape index (κ1) is 19.1. The lowest BCUT2D eigenvalue weighted by Gasteiger charge is -2.11. The lowest BCUT2D eigenvalue weighted by molar-refractivity contribution is -0.141. The van der Waals surface area contributed by atoms with Gasteiger partial charge in [-0.15, -0.1) is 0 Å². The Morgan fingerprint density at radius 2 is 1.96 bits per heavy atom. The van der Waals surface area contributed by atoms with Crippen molar-refractivity contribution in [1.82, 2.24) is 14.5 Å². The molecule has 0 saturated heterocycles. The minimum Gasteiger partial charge on any atom is -0.326 e. The van der Waals surface area contributed by atoms with Crippen molar-refractivity contribution < 1.29 is 21.6 Å². The number of rotatable bonds is 4. The topological polar surface area (TPSA) is 64.8 Å². The molecule has 0 radical (unpaired) electrons. The van der Waals surface area contributed by atoms with Crippen LogP contribution in [0.1, 0.15) is 18.2 Å². The monoisotopic (exact) mass is 395 g/mol. The molecule has 0 aliphatic carbocycles. The van der Waals surface area contributed by atoms with Gasteiger partial charge in [0.2, 0.25) is 0 Å². The zero-order valence-corrected chi connectivity index (χ0v) is 15.4. The second-order valence-electron chi connectivity index (χ2n) is 5.91. The Kier molecular flexibility index (Phi) is 4.59. The predicted molar refractivity (Wildman–Crippen MR) is 96.8 cm³/mol. The van der Waals surface area contributed by atoms with Gasteiger partial charge in [0, 0.05) is 12.6 Å². The second-order valence-corrected chi connectivity index (χ2v) is 8.16. The molecule has 0 aliphatic heterocycles. The first-order chi connectivity index (χ1) is 12.6. The van der Waals surface area contributed by atoms with Gasteiger partial charge in [-0.05, 0) is 23.8 Å². The minimum absolute atomic E-state index is 0.0600. The molecule has 1 aromatic carbocycles. The highest BCUT2D eigenvalue weighted by molar-refractivity contribution is 7.91. The van der Waals surface area contributed by atoms with Crippen LogP contribution in [0.3, 0.4) is 0 Å². The Morgan fingerprint density at radius 1 is 1.26 bits per heavy atom. The average molecular weight is 395 g/mol. The number of sulfone groups is 1. The summed E-state index contributed by atoms with van der Waals surface area (Å²) in [5, 5.41) is 0. The van der Waals surface area contributed by atoms with Crippen LogP contribution in [0.5, 0.6) is 0 Å². The van der Waals surface area contributed by atoms with E-state index in [0.29, 0.717) is 16.6 Å². The van der Waals surface area contributed by atoms with Crippen LogP contribution in [0.15, 0.2) is 41.9 Å². The van der Waals surface area contributed by atoms with E-state index >= 15 is 0 Å². The van der Waals surface area contributed by atoms with Gasteiger partial charge in [-0.3, -0.25) is 0 Å². The van der Waals surface area contributed by atoms with Gasteiger partial charge in [0.15, 0.2) is 9.84 Å². The lowest BCUT2D eigenvalue weighted by Crippen LogP contribution is -2.08. The summed E-state index contributed by atoms with van der Waals surface area (Å²) >= 11 is 0. The summed E-state index contributed by atoms with van der Waals surface area (Å²) in [5.74, 6) is 0.124. The third kappa shape index (κ3) is 3.34. The van der Waals surface area contributed by atoms with Crippen molar-refractivity contribution in [1.29, 1.82) is 0 Å². The molecular weight excluding hydrogens is 379 g/mol. The van der Waals surface area contributed by atoms with Crippen LogP contribution in [0.25, 0.3) is 28.5 Å². The highest BCUT2D eigenvalue weighted by Crippen LogP contribution is 2.33. The van der Waals surface area contributed by atoms with Gasteiger partial charge in [-0.1, -0.05) is 25.6 Å². The van der Waals surface area contributed by atoms with E-state index in [1.807, 2.05) is 0 Å². The van der Waals surface area contributed by atoms with Crippen LogP contribution >= 0.6 is 0 Å². The zero-order valence-electron chi connectivity index (χ0n) is 14.6. The van der Waals surface area contributed by atoms with Gasteiger partial charge < -0.3 is 4.57 Å². The largest absolute Gasteiger partial charge is 0.433 e. The molecule has 0 amide bonds. The van der Waals surface area contributed by atoms with Gasteiger partial charge in [-0.2, -0.15) is 13.2 Å². The van der Waals surface area contributed by atoms with E-state index in [1.54, 1.807) is 19.2 Å². The number of benzene rings is 1. The summed E-state index contributed by atoms with van der Waals surface area (Å²) in [7, 11) is -1.99. The third-order valence-electron chi connectivity index (χ3n) is 4.26. The molecule has 2 heterocycles. The van der Waals surface area contributed by atoms with E-state index in [-0.39, 0.29) is 22.0 Å². The van der Waals surface area contributed by atoms with E-state index in [0.717, 1.165) is 12.3 Å². The fourth-order valence-corrected chi connectivity index (χ4v) is 3.87. The van der Waals surface area contributed by atoms with Crippen molar-refractivity contribution in [3.8, 4) is 11.4 Å². The average Bonchev–Trinajstić information content (AvgIpc) is 2.96. The van der Waals surface area contributed by atoms with Crippen molar-refractivity contribution in [3.63, 3.8) is 0 Å². The van der Waals surface area contributed by atoms with Gasteiger partial charge in [0.1, 0.15) is 11.5 Å². The van der Waals surface area contributed by atoms with Gasteiger partial charge in [-0.25, -0.2) is 18.4 Å². The van der Waals surface area contributed by atoms with E-state index in [9.17, 15) is 21.6 Å². The van der Waals surface area contributed by atoms with Crippen LogP contribution in [-0.2, 0) is 23.1 Å². The fraction of sp³-hybridized carbons (Fsp3) is 0.222. The summed E-state index contributed by atoms with van der Waals surface area (Å²) < 4.78 is 65.3. The number of pyridine rings is 1. The van der Waals surface area contributed by atoms with E-state index in [4.69, 9.17) is 0 Å². The molecule has 9 heteroatoms. The normalized spacial score (nSPS) is 12.5. The number of aromatic nitrogens is 3. The quantitative estimate of drug-likeness (QED) is 0.667. The van der Waals surface area contributed by atoms with Crippen LogP contribution < -0.4 is 0 Å². The number of imidazole rings is 1. The maximum atomic E-state index is 12.9. The molecule has 0 fully saturated rings. The van der Waals surface area contributed by atoms with E-state index in [2.05, 4.69) is 16.5 Å². The fourth-order valence-electron chi connectivity index (χ4n) is 2.75. The summed E-state index contributed by atoms with van der Waals surface area (Å²) in [4.78, 5) is 7.76. The van der Waals surface area contributed by atoms with Crippen molar-refractivity contribution in [2.45, 2.75) is 18.0 Å². The Bertz CT molecular complexity index is 1150. The number of hydrogen-bond acceptors (Lipinski definition) is 4. The number of aryl methyl sites for hydroxylation is 1. The highest BCUT2D eigenvalue weighted by atomic mass is 32.2. The molecule has 0 N–H and O–H groups in total. The first-order valence-corrected chi connectivity index (χ1v) is 9.63. The molecule has 0 aliphatic rings. The third-order valence-corrected chi connectivity index (χ3v) is 6.02. The maximum absolute atomic E-state index is 12.9. The Balaban J connectivity index is 2.30. The minimum atomic E-state index is -4.59. The Labute approximate surface area is 154 Å². The lowest BCUT2D eigenvalue weighted by atomic mass is 10.1. The smallest absolute Gasteiger partial charge is 0.326 e. The number of nitrogens with zero attached hydrogens (tertiary/aromatic N) is 3.